The molecule has 0 aromatic heterocycles. The van der Waals surface area contributed by atoms with Gasteiger partial charge in [0.2, 0.25) is 0 Å². The lowest BCUT2D eigenvalue weighted by Gasteiger charge is -2.06. The summed E-state index contributed by atoms with van der Waals surface area (Å²) < 4.78 is 5.62. The molecule has 1 heterocycles. The molecule has 0 unspecified atom stereocenters. The maximum atomic E-state index is 6.07. The van der Waals surface area contributed by atoms with E-state index in [9.17, 15) is 0 Å². The SMILES string of the molecule is NCC/C=C/Cc1cc(Cl)cc2c1OCC2. The summed E-state index contributed by atoms with van der Waals surface area (Å²) in [6, 6.07) is 3.98. The van der Waals surface area contributed by atoms with E-state index in [0.29, 0.717) is 6.54 Å². The molecule has 2 N–H and O–H groups in total. The van der Waals surface area contributed by atoms with E-state index in [-0.39, 0.29) is 0 Å². The molecule has 3 heteroatoms. The molecule has 0 aliphatic carbocycles. The lowest BCUT2D eigenvalue weighted by atomic mass is 10.1. The Morgan fingerprint density at radius 3 is 3.06 bits per heavy atom. The number of halogens is 1. The third-order valence-electron chi connectivity index (χ3n) is 2.66. The Bertz CT molecular complexity index is 401. The van der Waals surface area contributed by atoms with Crippen molar-refractivity contribution in [2.24, 2.45) is 5.73 Å². The minimum Gasteiger partial charge on any atom is -0.493 e. The van der Waals surface area contributed by atoms with Crippen LogP contribution in [0, 0.1) is 0 Å². The number of allylic oxidation sites excluding steroid dienone is 1. The molecule has 1 aliphatic heterocycles. The molecule has 0 bridgehead atoms. The smallest absolute Gasteiger partial charge is 0.126 e. The zero-order valence-corrected chi connectivity index (χ0v) is 9.96. The van der Waals surface area contributed by atoms with Crippen LogP contribution in [-0.2, 0) is 12.8 Å². The van der Waals surface area contributed by atoms with Crippen LogP contribution in [0.25, 0.3) is 0 Å². The van der Waals surface area contributed by atoms with Crippen molar-refractivity contribution in [2.75, 3.05) is 13.2 Å². The molecule has 2 nitrogen and oxygen atoms in total. The molecule has 0 atom stereocenters. The van der Waals surface area contributed by atoms with Crippen LogP contribution in [-0.4, -0.2) is 13.2 Å². The van der Waals surface area contributed by atoms with E-state index in [2.05, 4.69) is 12.2 Å². The van der Waals surface area contributed by atoms with Crippen molar-refractivity contribution < 1.29 is 4.74 Å². The van der Waals surface area contributed by atoms with Crippen molar-refractivity contribution in [3.63, 3.8) is 0 Å². The third kappa shape index (κ3) is 2.57. The van der Waals surface area contributed by atoms with Crippen LogP contribution in [0.1, 0.15) is 17.5 Å². The largest absolute Gasteiger partial charge is 0.493 e. The second-order valence-electron chi connectivity index (χ2n) is 3.90. The maximum absolute atomic E-state index is 6.07. The first-order chi connectivity index (χ1) is 7.81. The molecule has 86 valence electrons. The topological polar surface area (TPSA) is 35.2 Å². The van der Waals surface area contributed by atoms with Gasteiger partial charge in [-0.3, -0.25) is 0 Å². The van der Waals surface area contributed by atoms with E-state index in [0.717, 1.165) is 36.6 Å². The van der Waals surface area contributed by atoms with Crippen LogP contribution in [0.2, 0.25) is 5.02 Å². The van der Waals surface area contributed by atoms with E-state index in [1.54, 1.807) is 0 Å². The van der Waals surface area contributed by atoms with Gasteiger partial charge in [-0.2, -0.15) is 0 Å². The molecule has 0 spiro atoms. The predicted octanol–water partition coefficient (Wildman–Crippen LogP) is 2.72. The maximum Gasteiger partial charge on any atom is 0.126 e. The Morgan fingerprint density at radius 2 is 2.25 bits per heavy atom. The summed E-state index contributed by atoms with van der Waals surface area (Å²) in [6.07, 6.45) is 6.98. The average molecular weight is 238 g/mol. The summed E-state index contributed by atoms with van der Waals surface area (Å²) in [4.78, 5) is 0. The summed E-state index contributed by atoms with van der Waals surface area (Å²) in [5.74, 6) is 1.03. The highest BCUT2D eigenvalue weighted by Gasteiger charge is 2.16. The van der Waals surface area contributed by atoms with Crippen LogP contribution < -0.4 is 10.5 Å². The summed E-state index contributed by atoms with van der Waals surface area (Å²) in [6.45, 7) is 1.47. The number of ether oxygens (including phenoxy) is 1. The molecule has 0 saturated heterocycles. The first-order valence-corrected chi connectivity index (χ1v) is 5.98. The molecule has 0 saturated carbocycles. The van der Waals surface area contributed by atoms with Crippen LogP contribution in [0.3, 0.4) is 0 Å². The number of benzene rings is 1. The second kappa shape index (κ2) is 5.37. The minimum atomic E-state index is 0.695. The van der Waals surface area contributed by atoms with E-state index in [1.165, 1.54) is 11.1 Å². The molecule has 0 fully saturated rings. The van der Waals surface area contributed by atoms with Gasteiger partial charge in [-0.05, 0) is 42.6 Å². The third-order valence-corrected chi connectivity index (χ3v) is 2.88. The van der Waals surface area contributed by atoms with E-state index in [1.807, 2.05) is 12.1 Å². The Balaban J connectivity index is 2.14. The molecule has 16 heavy (non-hydrogen) atoms. The predicted molar refractivity (Wildman–Crippen MR) is 67.2 cm³/mol. The molecule has 2 rings (SSSR count). The molecule has 0 radical (unpaired) electrons. The monoisotopic (exact) mass is 237 g/mol. The van der Waals surface area contributed by atoms with Gasteiger partial charge in [-0.25, -0.2) is 0 Å². The zero-order valence-electron chi connectivity index (χ0n) is 9.21. The van der Waals surface area contributed by atoms with Gasteiger partial charge in [-0.15, -0.1) is 0 Å². The number of fused-ring (bicyclic) bond motifs is 1. The van der Waals surface area contributed by atoms with Crippen molar-refractivity contribution in [3.05, 3.63) is 40.4 Å². The van der Waals surface area contributed by atoms with E-state index >= 15 is 0 Å². The van der Waals surface area contributed by atoms with Gasteiger partial charge >= 0.3 is 0 Å². The second-order valence-corrected chi connectivity index (χ2v) is 4.34. The fourth-order valence-electron chi connectivity index (χ4n) is 1.92. The first kappa shape index (κ1) is 11.5. The van der Waals surface area contributed by atoms with Crippen molar-refractivity contribution in [1.82, 2.24) is 0 Å². The quantitative estimate of drug-likeness (QED) is 0.818. The molecular formula is C13H16ClNO. The highest BCUT2D eigenvalue weighted by Crippen LogP contribution is 2.33. The Hall–Kier alpha value is -0.990. The molecule has 0 amide bonds. The Kier molecular flexibility index (Phi) is 3.86. The number of hydrogen-bond donors (Lipinski definition) is 1. The highest BCUT2D eigenvalue weighted by molar-refractivity contribution is 6.30. The van der Waals surface area contributed by atoms with Crippen molar-refractivity contribution in [3.8, 4) is 5.75 Å². The van der Waals surface area contributed by atoms with Crippen LogP contribution in [0.5, 0.6) is 5.75 Å². The summed E-state index contributed by atoms with van der Waals surface area (Å²) in [5, 5.41) is 0.798. The van der Waals surface area contributed by atoms with Gasteiger partial charge in [0.15, 0.2) is 0 Å². The number of hydrogen-bond acceptors (Lipinski definition) is 2. The summed E-state index contributed by atoms with van der Waals surface area (Å²) in [5.41, 5.74) is 7.83. The van der Waals surface area contributed by atoms with Gasteiger partial charge in [-0.1, -0.05) is 23.8 Å². The van der Waals surface area contributed by atoms with Crippen molar-refractivity contribution in [1.29, 1.82) is 0 Å². The van der Waals surface area contributed by atoms with Crippen LogP contribution in [0.15, 0.2) is 24.3 Å². The highest BCUT2D eigenvalue weighted by atomic mass is 35.5. The van der Waals surface area contributed by atoms with E-state index in [4.69, 9.17) is 22.1 Å². The summed E-state index contributed by atoms with van der Waals surface area (Å²) in [7, 11) is 0. The standard InChI is InChI=1S/C13H16ClNO/c14-12-8-10(4-2-1-3-6-15)13-11(9-12)5-7-16-13/h1-2,8-9H,3-7,15H2/b2-1+. The fraction of sp³-hybridized carbons (Fsp3) is 0.385. The number of nitrogens with two attached hydrogens (primary N) is 1. The first-order valence-electron chi connectivity index (χ1n) is 5.60. The lowest BCUT2D eigenvalue weighted by molar-refractivity contribution is 0.354. The van der Waals surface area contributed by atoms with Crippen molar-refractivity contribution in [2.45, 2.75) is 19.3 Å². The minimum absolute atomic E-state index is 0.695. The van der Waals surface area contributed by atoms with Crippen LogP contribution >= 0.6 is 11.6 Å². The van der Waals surface area contributed by atoms with Gasteiger partial charge in [0, 0.05) is 11.4 Å². The molecular weight excluding hydrogens is 222 g/mol. The molecule has 1 aliphatic rings. The van der Waals surface area contributed by atoms with Gasteiger partial charge in [0.05, 0.1) is 6.61 Å². The molecule has 1 aromatic carbocycles. The normalized spacial score (nSPS) is 14.1. The Labute approximate surface area is 101 Å². The summed E-state index contributed by atoms with van der Waals surface area (Å²) >= 11 is 6.07. The zero-order chi connectivity index (χ0) is 11.4. The van der Waals surface area contributed by atoms with E-state index < -0.39 is 0 Å². The van der Waals surface area contributed by atoms with Crippen LogP contribution in [0.4, 0.5) is 0 Å². The Morgan fingerprint density at radius 1 is 1.38 bits per heavy atom. The fourth-order valence-corrected chi connectivity index (χ4v) is 2.19. The van der Waals surface area contributed by atoms with Gasteiger partial charge < -0.3 is 10.5 Å². The lowest BCUT2D eigenvalue weighted by Crippen LogP contribution is -1.95. The number of rotatable bonds is 4. The van der Waals surface area contributed by atoms with Gasteiger partial charge in [0.25, 0.3) is 0 Å². The molecule has 1 aromatic rings. The van der Waals surface area contributed by atoms with Crippen molar-refractivity contribution >= 4 is 11.6 Å². The average Bonchev–Trinajstić information content (AvgIpc) is 2.72. The van der Waals surface area contributed by atoms with Gasteiger partial charge in [0.1, 0.15) is 5.75 Å².